The quantitative estimate of drug-likeness (QED) is 0.671. The third kappa shape index (κ3) is 4.44. The molecule has 1 fully saturated rings. The summed E-state index contributed by atoms with van der Waals surface area (Å²) in [5.41, 5.74) is 0. The van der Waals surface area contributed by atoms with E-state index in [4.69, 9.17) is 4.74 Å². The zero-order chi connectivity index (χ0) is 11.1. The molecule has 0 spiro atoms. The van der Waals surface area contributed by atoms with Crippen LogP contribution in [-0.2, 0) is 9.53 Å². The van der Waals surface area contributed by atoms with Crippen LogP contribution in [0.4, 0.5) is 0 Å². The Morgan fingerprint density at radius 3 is 2.87 bits per heavy atom. The van der Waals surface area contributed by atoms with E-state index < -0.39 is 0 Å². The van der Waals surface area contributed by atoms with Gasteiger partial charge in [0.05, 0.1) is 13.2 Å². The monoisotopic (exact) mass is 212 g/mol. The number of amides is 1. The molecular weight excluding hydrogens is 192 g/mol. The number of morpholine rings is 1. The molecule has 4 heteroatoms. The van der Waals surface area contributed by atoms with Crippen molar-refractivity contribution in [3.63, 3.8) is 0 Å². The Labute approximate surface area is 91.3 Å². The van der Waals surface area contributed by atoms with Crippen molar-refractivity contribution in [1.82, 2.24) is 10.2 Å². The summed E-state index contributed by atoms with van der Waals surface area (Å²) in [7, 11) is 0. The molecule has 15 heavy (non-hydrogen) atoms. The first-order chi connectivity index (χ1) is 7.24. The van der Waals surface area contributed by atoms with Crippen molar-refractivity contribution >= 4 is 5.91 Å². The van der Waals surface area contributed by atoms with Crippen LogP contribution in [0.3, 0.4) is 0 Å². The molecule has 0 bridgehead atoms. The summed E-state index contributed by atoms with van der Waals surface area (Å²) in [5, 5.41) is 2.79. The van der Waals surface area contributed by atoms with Gasteiger partial charge in [0, 0.05) is 25.7 Å². The van der Waals surface area contributed by atoms with Crippen molar-refractivity contribution in [3.05, 3.63) is 12.7 Å². The molecule has 0 saturated carbocycles. The fourth-order valence-corrected chi connectivity index (χ4v) is 1.68. The van der Waals surface area contributed by atoms with Gasteiger partial charge in [0.15, 0.2) is 0 Å². The van der Waals surface area contributed by atoms with Gasteiger partial charge in [0.25, 0.3) is 0 Å². The van der Waals surface area contributed by atoms with Crippen LogP contribution >= 0.6 is 0 Å². The number of carbonyl (C=O) groups is 1. The first kappa shape index (κ1) is 12.2. The van der Waals surface area contributed by atoms with Crippen molar-refractivity contribution in [3.8, 4) is 0 Å². The van der Waals surface area contributed by atoms with Crippen LogP contribution in [0.25, 0.3) is 0 Å². The van der Waals surface area contributed by atoms with Gasteiger partial charge in [0.1, 0.15) is 0 Å². The molecule has 1 atom stereocenters. The van der Waals surface area contributed by atoms with Gasteiger partial charge < -0.3 is 10.1 Å². The largest absolute Gasteiger partial charge is 0.379 e. The van der Waals surface area contributed by atoms with Crippen molar-refractivity contribution in [2.45, 2.75) is 19.4 Å². The van der Waals surface area contributed by atoms with Gasteiger partial charge in [-0.3, -0.25) is 9.69 Å². The molecule has 86 valence electrons. The Hall–Kier alpha value is -0.870. The second-order valence-electron chi connectivity index (χ2n) is 3.78. The molecule has 0 aromatic rings. The van der Waals surface area contributed by atoms with Gasteiger partial charge in [-0.1, -0.05) is 6.58 Å². The number of hydrogen-bond donors (Lipinski definition) is 1. The topological polar surface area (TPSA) is 41.6 Å². The second-order valence-corrected chi connectivity index (χ2v) is 3.78. The number of nitrogens with zero attached hydrogens (tertiary/aromatic N) is 1. The van der Waals surface area contributed by atoms with E-state index in [1.54, 1.807) is 0 Å². The Bertz CT molecular complexity index is 213. The van der Waals surface area contributed by atoms with E-state index in [1.165, 1.54) is 6.08 Å². The van der Waals surface area contributed by atoms with Crippen LogP contribution in [0.2, 0.25) is 0 Å². The fraction of sp³-hybridized carbons (Fsp3) is 0.727. The molecule has 1 heterocycles. The number of nitrogens with one attached hydrogen (secondary N) is 1. The Kier molecular flexibility index (Phi) is 5.36. The smallest absolute Gasteiger partial charge is 0.243 e. The number of rotatable bonds is 5. The fourth-order valence-electron chi connectivity index (χ4n) is 1.68. The summed E-state index contributed by atoms with van der Waals surface area (Å²) < 4.78 is 5.29. The van der Waals surface area contributed by atoms with Gasteiger partial charge in [-0.05, 0) is 19.4 Å². The van der Waals surface area contributed by atoms with Crippen LogP contribution in [0, 0.1) is 0 Å². The second kappa shape index (κ2) is 6.58. The standard InChI is InChI=1S/C11H20N2O2/c1-3-11(14)12-5-4-10(2)13-6-8-15-9-7-13/h3,10H,1,4-9H2,2H3,(H,12,14). The zero-order valence-electron chi connectivity index (χ0n) is 9.37. The van der Waals surface area contributed by atoms with Crippen molar-refractivity contribution in [2.75, 3.05) is 32.8 Å². The third-order valence-corrected chi connectivity index (χ3v) is 2.72. The Balaban J connectivity index is 2.14. The SMILES string of the molecule is C=CC(=O)NCCC(C)N1CCOCC1. The maximum absolute atomic E-state index is 10.9. The van der Waals surface area contributed by atoms with E-state index in [2.05, 4.69) is 23.7 Å². The van der Waals surface area contributed by atoms with Gasteiger partial charge in [-0.25, -0.2) is 0 Å². The Morgan fingerprint density at radius 2 is 2.27 bits per heavy atom. The van der Waals surface area contributed by atoms with Crippen LogP contribution in [0.15, 0.2) is 12.7 Å². The highest BCUT2D eigenvalue weighted by Crippen LogP contribution is 2.05. The lowest BCUT2D eigenvalue weighted by molar-refractivity contribution is -0.116. The molecule has 4 nitrogen and oxygen atoms in total. The molecule has 0 aromatic carbocycles. The molecule has 1 saturated heterocycles. The van der Waals surface area contributed by atoms with Gasteiger partial charge in [0.2, 0.25) is 5.91 Å². The molecule has 1 aliphatic rings. The van der Waals surface area contributed by atoms with Crippen LogP contribution in [0.5, 0.6) is 0 Å². The normalized spacial score (nSPS) is 19.5. The van der Waals surface area contributed by atoms with Crippen molar-refractivity contribution in [1.29, 1.82) is 0 Å². The maximum atomic E-state index is 10.9. The molecule has 1 amide bonds. The van der Waals surface area contributed by atoms with E-state index in [0.29, 0.717) is 12.6 Å². The summed E-state index contributed by atoms with van der Waals surface area (Å²) in [5.74, 6) is -0.0934. The van der Waals surface area contributed by atoms with Gasteiger partial charge >= 0.3 is 0 Å². The lowest BCUT2D eigenvalue weighted by atomic mass is 10.2. The van der Waals surface area contributed by atoms with Crippen LogP contribution in [0.1, 0.15) is 13.3 Å². The molecular formula is C11H20N2O2. The highest BCUT2D eigenvalue weighted by atomic mass is 16.5. The van der Waals surface area contributed by atoms with E-state index >= 15 is 0 Å². The first-order valence-electron chi connectivity index (χ1n) is 5.46. The third-order valence-electron chi connectivity index (χ3n) is 2.72. The molecule has 0 aromatic heterocycles. The summed E-state index contributed by atoms with van der Waals surface area (Å²) in [4.78, 5) is 13.3. The van der Waals surface area contributed by atoms with Gasteiger partial charge in [-0.15, -0.1) is 0 Å². The number of hydrogen-bond acceptors (Lipinski definition) is 3. The lowest BCUT2D eigenvalue weighted by Crippen LogP contribution is -2.43. The molecule has 1 aliphatic heterocycles. The van der Waals surface area contributed by atoms with Crippen molar-refractivity contribution < 1.29 is 9.53 Å². The Morgan fingerprint density at radius 1 is 1.60 bits per heavy atom. The number of ether oxygens (including phenoxy) is 1. The summed E-state index contributed by atoms with van der Waals surface area (Å²) in [6, 6.07) is 0.499. The van der Waals surface area contributed by atoms with E-state index in [-0.39, 0.29) is 5.91 Å². The first-order valence-corrected chi connectivity index (χ1v) is 5.46. The van der Waals surface area contributed by atoms with E-state index in [1.807, 2.05) is 0 Å². The molecule has 1 N–H and O–H groups in total. The van der Waals surface area contributed by atoms with Crippen molar-refractivity contribution in [2.24, 2.45) is 0 Å². The highest BCUT2D eigenvalue weighted by Gasteiger charge is 2.16. The molecule has 0 aliphatic carbocycles. The minimum absolute atomic E-state index is 0.0934. The molecule has 0 radical (unpaired) electrons. The number of carbonyl (C=O) groups excluding carboxylic acids is 1. The zero-order valence-corrected chi connectivity index (χ0v) is 9.37. The minimum atomic E-state index is -0.0934. The average Bonchev–Trinajstić information content (AvgIpc) is 2.29. The van der Waals surface area contributed by atoms with Gasteiger partial charge in [-0.2, -0.15) is 0 Å². The maximum Gasteiger partial charge on any atom is 0.243 e. The van der Waals surface area contributed by atoms with Crippen LogP contribution in [-0.4, -0.2) is 49.7 Å². The lowest BCUT2D eigenvalue weighted by Gasteiger charge is -2.32. The van der Waals surface area contributed by atoms with E-state index in [0.717, 1.165) is 32.7 Å². The molecule has 1 rings (SSSR count). The average molecular weight is 212 g/mol. The van der Waals surface area contributed by atoms with Crippen LogP contribution < -0.4 is 5.32 Å². The minimum Gasteiger partial charge on any atom is -0.379 e. The van der Waals surface area contributed by atoms with E-state index in [9.17, 15) is 4.79 Å². The predicted octanol–water partition coefficient (Wildman–Crippen LogP) is 0.399. The molecule has 1 unspecified atom stereocenters. The highest BCUT2D eigenvalue weighted by molar-refractivity contribution is 5.86. The summed E-state index contributed by atoms with van der Waals surface area (Å²) in [6.45, 7) is 9.95. The summed E-state index contributed by atoms with van der Waals surface area (Å²) >= 11 is 0. The summed E-state index contributed by atoms with van der Waals surface area (Å²) in [6.07, 6.45) is 2.28. The predicted molar refractivity (Wildman–Crippen MR) is 59.7 cm³/mol.